The van der Waals surface area contributed by atoms with E-state index in [0.717, 1.165) is 0 Å². The molecule has 0 atom stereocenters. The highest BCUT2D eigenvalue weighted by Crippen LogP contribution is 2.23. The second-order valence-corrected chi connectivity index (χ2v) is 5.96. The Hall–Kier alpha value is -1.81. The van der Waals surface area contributed by atoms with Gasteiger partial charge in [-0.1, -0.05) is 11.3 Å². The van der Waals surface area contributed by atoms with Crippen LogP contribution >= 0.6 is 11.3 Å². The Labute approximate surface area is 116 Å². The fourth-order valence-electron chi connectivity index (χ4n) is 1.31. The molecule has 3 N–H and O–H groups in total. The number of rotatable bonds is 5. The number of thiazole rings is 1. The van der Waals surface area contributed by atoms with Crippen molar-refractivity contribution in [3.05, 3.63) is 4.88 Å². The van der Waals surface area contributed by atoms with Crippen molar-refractivity contribution < 1.29 is 9.53 Å². The summed E-state index contributed by atoms with van der Waals surface area (Å²) in [7, 11) is 0. The Morgan fingerprint density at radius 3 is 2.79 bits per heavy atom. The predicted octanol–water partition coefficient (Wildman–Crippen LogP) is 2.13. The summed E-state index contributed by atoms with van der Waals surface area (Å²) >= 11 is 1.20. The zero-order valence-electron chi connectivity index (χ0n) is 11.3. The molecule has 0 amide bonds. The number of ether oxygens (including phenoxy) is 1. The zero-order valence-corrected chi connectivity index (χ0v) is 12.1. The van der Waals surface area contributed by atoms with Crippen molar-refractivity contribution in [2.75, 3.05) is 17.6 Å². The number of esters is 1. The van der Waals surface area contributed by atoms with Gasteiger partial charge in [0.05, 0.1) is 0 Å². The van der Waals surface area contributed by atoms with Gasteiger partial charge in [0.15, 0.2) is 10.9 Å². The predicted molar refractivity (Wildman–Crippen MR) is 74.8 cm³/mol. The Balaban J connectivity index is 2.28. The van der Waals surface area contributed by atoms with Crippen molar-refractivity contribution >= 4 is 28.3 Å². The SMILES string of the molecule is CC(C)(C)OC(=O)CCCNc1nc(N)c(C#N)s1. The molecule has 0 aliphatic heterocycles. The maximum absolute atomic E-state index is 11.4. The van der Waals surface area contributed by atoms with E-state index in [1.807, 2.05) is 26.8 Å². The minimum Gasteiger partial charge on any atom is -0.460 e. The normalized spacial score (nSPS) is 10.8. The molecule has 0 aliphatic rings. The summed E-state index contributed by atoms with van der Waals surface area (Å²) in [5, 5.41) is 12.4. The molecule has 0 saturated heterocycles. The lowest BCUT2D eigenvalue weighted by molar-refractivity contribution is -0.154. The van der Waals surface area contributed by atoms with Gasteiger partial charge in [0.25, 0.3) is 0 Å². The van der Waals surface area contributed by atoms with Crippen LogP contribution in [0, 0.1) is 11.3 Å². The standard InChI is InChI=1S/C12H18N4O2S/c1-12(2,3)18-9(17)5-4-6-15-11-16-10(14)8(7-13)19-11/h4-6,14H2,1-3H3,(H,15,16). The third-order valence-electron chi connectivity index (χ3n) is 2.01. The van der Waals surface area contributed by atoms with Crippen molar-refractivity contribution in [1.82, 2.24) is 4.98 Å². The first kappa shape index (κ1) is 15.2. The van der Waals surface area contributed by atoms with E-state index in [1.165, 1.54) is 11.3 Å². The van der Waals surface area contributed by atoms with Gasteiger partial charge in [-0.3, -0.25) is 4.79 Å². The van der Waals surface area contributed by atoms with E-state index in [2.05, 4.69) is 10.3 Å². The van der Waals surface area contributed by atoms with Crippen LogP contribution in [-0.4, -0.2) is 23.1 Å². The molecule has 0 aromatic carbocycles. The lowest BCUT2D eigenvalue weighted by Gasteiger charge is -2.19. The maximum Gasteiger partial charge on any atom is 0.306 e. The highest BCUT2D eigenvalue weighted by molar-refractivity contribution is 7.16. The number of carbonyl (C=O) groups excluding carboxylic acids is 1. The summed E-state index contributed by atoms with van der Waals surface area (Å²) in [5.41, 5.74) is 5.09. The summed E-state index contributed by atoms with van der Waals surface area (Å²) in [5.74, 6) is 0.0211. The van der Waals surface area contributed by atoms with Crippen LogP contribution in [0.4, 0.5) is 10.9 Å². The molecular weight excluding hydrogens is 264 g/mol. The fraction of sp³-hybridized carbons (Fsp3) is 0.583. The van der Waals surface area contributed by atoms with Crippen molar-refractivity contribution in [3.63, 3.8) is 0 Å². The molecular formula is C12H18N4O2S. The maximum atomic E-state index is 11.4. The van der Waals surface area contributed by atoms with E-state index in [4.69, 9.17) is 15.7 Å². The lowest BCUT2D eigenvalue weighted by Crippen LogP contribution is -2.24. The second-order valence-electron chi connectivity index (χ2n) is 4.96. The van der Waals surface area contributed by atoms with E-state index in [-0.39, 0.29) is 11.8 Å². The molecule has 6 nitrogen and oxygen atoms in total. The fourth-order valence-corrected chi connectivity index (χ4v) is 2.02. The summed E-state index contributed by atoms with van der Waals surface area (Å²) in [6.45, 7) is 6.10. The third kappa shape index (κ3) is 5.57. The Kier molecular flexibility index (Phi) is 5.12. The molecule has 104 valence electrons. The molecule has 0 fully saturated rings. The number of aromatic nitrogens is 1. The first-order valence-electron chi connectivity index (χ1n) is 5.94. The molecule has 1 rings (SSSR count). The second kappa shape index (κ2) is 6.38. The Morgan fingerprint density at radius 2 is 2.26 bits per heavy atom. The van der Waals surface area contributed by atoms with E-state index >= 15 is 0 Å². The summed E-state index contributed by atoms with van der Waals surface area (Å²) in [4.78, 5) is 15.9. The number of nitrogens with two attached hydrogens (primary N) is 1. The van der Waals surface area contributed by atoms with Crippen LogP contribution < -0.4 is 11.1 Å². The van der Waals surface area contributed by atoms with Crippen molar-refractivity contribution in [2.45, 2.75) is 39.2 Å². The summed E-state index contributed by atoms with van der Waals surface area (Å²) in [6, 6.07) is 1.97. The van der Waals surface area contributed by atoms with Crippen LogP contribution in [-0.2, 0) is 9.53 Å². The van der Waals surface area contributed by atoms with Crippen LogP contribution in [0.3, 0.4) is 0 Å². The van der Waals surface area contributed by atoms with Crippen molar-refractivity contribution in [2.24, 2.45) is 0 Å². The van der Waals surface area contributed by atoms with E-state index in [1.54, 1.807) is 0 Å². The molecule has 19 heavy (non-hydrogen) atoms. The molecule has 0 unspecified atom stereocenters. The van der Waals surface area contributed by atoms with E-state index < -0.39 is 5.60 Å². The van der Waals surface area contributed by atoms with Gasteiger partial charge in [0.2, 0.25) is 0 Å². The molecule has 1 aromatic rings. The number of anilines is 2. The Bertz CT molecular complexity index is 485. The van der Waals surface area contributed by atoms with Gasteiger partial charge >= 0.3 is 5.97 Å². The van der Waals surface area contributed by atoms with Gasteiger partial charge in [-0.15, -0.1) is 0 Å². The number of nitriles is 1. The van der Waals surface area contributed by atoms with Gasteiger partial charge in [-0.2, -0.15) is 5.26 Å². The van der Waals surface area contributed by atoms with E-state index in [9.17, 15) is 4.79 Å². The van der Waals surface area contributed by atoms with Crippen LogP contribution in [0.5, 0.6) is 0 Å². The van der Waals surface area contributed by atoms with Gasteiger partial charge in [0, 0.05) is 13.0 Å². The topological polar surface area (TPSA) is 101 Å². The van der Waals surface area contributed by atoms with Gasteiger partial charge < -0.3 is 15.8 Å². The number of nitrogens with one attached hydrogen (secondary N) is 1. The quantitative estimate of drug-likeness (QED) is 0.633. The molecule has 0 aliphatic carbocycles. The smallest absolute Gasteiger partial charge is 0.306 e. The number of nitrogen functional groups attached to an aromatic ring is 1. The van der Waals surface area contributed by atoms with Gasteiger partial charge in [0.1, 0.15) is 16.5 Å². The molecule has 1 aromatic heterocycles. The van der Waals surface area contributed by atoms with Gasteiger partial charge in [-0.05, 0) is 27.2 Å². The molecule has 7 heteroatoms. The van der Waals surface area contributed by atoms with Crippen LogP contribution in [0.2, 0.25) is 0 Å². The monoisotopic (exact) mass is 282 g/mol. The number of hydrogen-bond acceptors (Lipinski definition) is 7. The van der Waals surface area contributed by atoms with E-state index in [0.29, 0.717) is 29.4 Å². The zero-order chi connectivity index (χ0) is 14.5. The number of nitrogens with zero attached hydrogens (tertiary/aromatic N) is 2. The molecule has 0 bridgehead atoms. The van der Waals surface area contributed by atoms with Crippen LogP contribution in [0.1, 0.15) is 38.5 Å². The average Bonchev–Trinajstić information content (AvgIpc) is 2.63. The minimum absolute atomic E-state index is 0.217. The Morgan fingerprint density at radius 1 is 1.58 bits per heavy atom. The third-order valence-corrected chi connectivity index (χ3v) is 2.94. The first-order valence-corrected chi connectivity index (χ1v) is 6.75. The van der Waals surface area contributed by atoms with Crippen molar-refractivity contribution in [1.29, 1.82) is 5.26 Å². The first-order chi connectivity index (χ1) is 8.81. The average molecular weight is 282 g/mol. The summed E-state index contributed by atoms with van der Waals surface area (Å²) in [6.07, 6.45) is 0.979. The summed E-state index contributed by atoms with van der Waals surface area (Å²) < 4.78 is 5.19. The van der Waals surface area contributed by atoms with Crippen molar-refractivity contribution in [3.8, 4) is 6.07 Å². The molecule has 0 radical (unpaired) electrons. The molecule has 1 heterocycles. The van der Waals surface area contributed by atoms with Crippen LogP contribution in [0.25, 0.3) is 0 Å². The number of carbonyl (C=O) groups is 1. The number of hydrogen-bond donors (Lipinski definition) is 2. The highest BCUT2D eigenvalue weighted by Gasteiger charge is 2.15. The van der Waals surface area contributed by atoms with Crippen LogP contribution in [0.15, 0.2) is 0 Å². The highest BCUT2D eigenvalue weighted by atomic mass is 32.1. The minimum atomic E-state index is -0.448. The lowest BCUT2D eigenvalue weighted by atomic mass is 10.2. The molecule has 0 spiro atoms. The largest absolute Gasteiger partial charge is 0.460 e. The van der Waals surface area contributed by atoms with Gasteiger partial charge in [-0.25, -0.2) is 4.98 Å². The molecule has 0 saturated carbocycles.